The molecule has 0 saturated carbocycles. The molecule has 0 fully saturated rings. The monoisotopic (exact) mass is 159 g/mol. The van der Waals surface area contributed by atoms with E-state index in [1.165, 1.54) is 20.0 Å². The zero-order valence-corrected chi connectivity index (χ0v) is 7.26. The average molecular weight is 159 g/mol. The van der Waals surface area contributed by atoms with Crippen molar-refractivity contribution in [2.24, 2.45) is 10.9 Å². The molecule has 0 aromatic rings. The summed E-state index contributed by atoms with van der Waals surface area (Å²) in [5.74, 6) is 0.351. The van der Waals surface area contributed by atoms with Gasteiger partial charge in [0.05, 0.1) is 0 Å². The van der Waals surface area contributed by atoms with Gasteiger partial charge in [-0.3, -0.25) is 0 Å². The van der Waals surface area contributed by atoms with E-state index in [0.29, 0.717) is 5.96 Å². The highest BCUT2D eigenvalue weighted by Gasteiger charge is 1.89. The van der Waals surface area contributed by atoms with Crippen LogP contribution in [0.15, 0.2) is 5.16 Å². The molecule has 4 heteroatoms. The summed E-state index contributed by atoms with van der Waals surface area (Å²) in [6.07, 6.45) is 3.55. The van der Waals surface area contributed by atoms with Crippen molar-refractivity contribution in [1.82, 2.24) is 5.32 Å². The first-order valence-corrected chi connectivity index (χ1v) is 3.91. The van der Waals surface area contributed by atoms with E-state index in [-0.39, 0.29) is 0 Å². The predicted molar refractivity (Wildman–Crippen MR) is 46.2 cm³/mol. The highest BCUT2D eigenvalue weighted by molar-refractivity contribution is 5.77. The molecule has 0 amide bonds. The van der Waals surface area contributed by atoms with E-state index >= 15 is 0 Å². The molecule has 0 aromatic heterocycles. The third-order valence-electron chi connectivity index (χ3n) is 1.28. The Bertz CT molecular complexity index is 114. The van der Waals surface area contributed by atoms with Crippen LogP contribution < -0.4 is 11.1 Å². The molecule has 0 aliphatic rings. The van der Waals surface area contributed by atoms with Gasteiger partial charge in [-0.2, -0.15) is 0 Å². The van der Waals surface area contributed by atoms with Gasteiger partial charge >= 0.3 is 0 Å². The fourth-order valence-corrected chi connectivity index (χ4v) is 0.722. The lowest BCUT2D eigenvalue weighted by atomic mass is 10.2. The number of unbranched alkanes of at least 4 members (excludes halogenated alkanes) is 2. The van der Waals surface area contributed by atoms with Crippen molar-refractivity contribution in [2.45, 2.75) is 26.2 Å². The highest BCUT2D eigenvalue weighted by atomic mass is 16.6. The van der Waals surface area contributed by atoms with Crippen LogP contribution in [0.2, 0.25) is 0 Å². The van der Waals surface area contributed by atoms with Gasteiger partial charge in [-0.15, -0.1) is 0 Å². The number of hydrogen-bond acceptors (Lipinski definition) is 2. The van der Waals surface area contributed by atoms with Crippen molar-refractivity contribution < 1.29 is 4.84 Å². The number of nitrogens with one attached hydrogen (secondary N) is 1. The molecule has 0 unspecified atom stereocenters. The molecule has 0 aliphatic carbocycles. The van der Waals surface area contributed by atoms with Crippen LogP contribution in [0, 0.1) is 0 Å². The van der Waals surface area contributed by atoms with Gasteiger partial charge in [-0.25, -0.2) is 0 Å². The lowest BCUT2D eigenvalue weighted by Gasteiger charge is -2.02. The van der Waals surface area contributed by atoms with Crippen LogP contribution in [0.4, 0.5) is 0 Å². The lowest BCUT2D eigenvalue weighted by Crippen LogP contribution is -2.32. The second kappa shape index (κ2) is 7.18. The first-order chi connectivity index (χ1) is 5.31. The predicted octanol–water partition coefficient (Wildman–Crippen LogP) is 0.642. The molecule has 0 aliphatic heterocycles. The van der Waals surface area contributed by atoms with E-state index in [4.69, 9.17) is 5.73 Å². The summed E-state index contributed by atoms with van der Waals surface area (Å²) < 4.78 is 0. The molecular formula is C7H17N3O. The third kappa shape index (κ3) is 6.96. The summed E-state index contributed by atoms with van der Waals surface area (Å²) in [5, 5.41) is 6.43. The van der Waals surface area contributed by atoms with Crippen LogP contribution in [0.5, 0.6) is 0 Å². The average Bonchev–Trinajstić information content (AvgIpc) is 1.99. The van der Waals surface area contributed by atoms with Gasteiger partial charge in [0.15, 0.2) is 0 Å². The Morgan fingerprint density at radius 3 is 2.82 bits per heavy atom. The van der Waals surface area contributed by atoms with E-state index in [0.717, 1.165) is 13.0 Å². The molecule has 0 saturated heterocycles. The van der Waals surface area contributed by atoms with E-state index < -0.39 is 0 Å². The Kier molecular flexibility index (Phi) is 6.57. The van der Waals surface area contributed by atoms with Crippen molar-refractivity contribution in [1.29, 1.82) is 0 Å². The molecule has 0 heterocycles. The molecule has 11 heavy (non-hydrogen) atoms. The quantitative estimate of drug-likeness (QED) is 0.268. The number of oxime groups is 1. The van der Waals surface area contributed by atoms with E-state index in [9.17, 15) is 0 Å². The van der Waals surface area contributed by atoms with Crippen LogP contribution in [0.1, 0.15) is 26.2 Å². The molecule has 4 nitrogen and oxygen atoms in total. The van der Waals surface area contributed by atoms with Gasteiger partial charge in [-0.1, -0.05) is 19.8 Å². The Morgan fingerprint density at radius 1 is 1.55 bits per heavy atom. The van der Waals surface area contributed by atoms with Crippen molar-refractivity contribution in [2.75, 3.05) is 13.7 Å². The molecule has 66 valence electrons. The second-order valence-electron chi connectivity index (χ2n) is 2.29. The minimum absolute atomic E-state index is 0.351. The Morgan fingerprint density at radius 2 is 2.27 bits per heavy atom. The summed E-state index contributed by atoms with van der Waals surface area (Å²) >= 11 is 0. The minimum atomic E-state index is 0.351. The summed E-state index contributed by atoms with van der Waals surface area (Å²) in [6.45, 7) is 3.03. The van der Waals surface area contributed by atoms with Crippen molar-refractivity contribution in [3.8, 4) is 0 Å². The third-order valence-corrected chi connectivity index (χ3v) is 1.28. The van der Waals surface area contributed by atoms with Gasteiger partial charge in [0.1, 0.15) is 7.11 Å². The largest absolute Gasteiger partial charge is 0.396 e. The smallest absolute Gasteiger partial charge is 0.230 e. The van der Waals surface area contributed by atoms with E-state index in [1.807, 2.05) is 0 Å². The van der Waals surface area contributed by atoms with Crippen LogP contribution >= 0.6 is 0 Å². The minimum Gasteiger partial charge on any atom is -0.396 e. The lowest BCUT2D eigenvalue weighted by molar-refractivity contribution is 0.211. The number of nitrogens with zero attached hydrogens (tertiary/aromatic N) is 1. The molecule has 0 atom stereocenters. The number of rotatable bonds is 5. The van der Waals surface area contributed by atoms with Gasteiger partial charge in [0.25, 0.3) is 0 Å². The molecule has 0 rings (SSSR count). The zero-order chi connectivity index (χ0) is 8.53. The number of guanidine groups is 1. The zero-order valence-electron chi connectivity index (χ0n) is 7.26. The first-order valence-electron chi connectivity index (χ1n) is 3.91. The van der Waals surface area contributed by atoms with E-state index in [2.05, 4.69) is 22.2 Å². The van der Waals surface area contributed by atoms with Crippen LogP contribution in [0.25, 0.3) is 0 Å². The Hall–Kier alpha value is -0.930. The second-order valence-corrected chi connectivity index (χ2v) is 2.29. The molecule has 0 bridgehead atoms. The van der Waals surface area contributed by atoms with Crippen molar-refractivity contribution in [3.05, 3.63) is 0 Å². The number of hydrogen-bond donors (Lipinski definition) is 2. The fraction of sp³-hybridized carbons (Fsp3) is 0.857. The molecular weight excluding hydrogens is 142 g/mol. The SMILES string of the molecule is CCCCCN/C(N)=N/OC. The van der Waals surface area contributed by atoms with Crippen LogP contribution in [-0.2, 0) is 4.84 Å². The normalized spacial score (nSPS) is 11.3. The van der Waals surface area contributed by atoms with E-state index in [1.54, 1.807) is 0 Å². The Labute approximate surface area is 67.8 Å². The molecule has 0 aromatic carbocycles. The fourth-order valence-electron chi connectivity index (χ4n) is 0.722. The van der Waals surface area contributed by atoms with Gasteiger partial charge in [0, 0.05) is 6.54 Å². The standard InChI is InChI=1S/C7H17N3O/c1-3-4-5-6-9-7(8)10-11-2/h3-6H2,1-2H3,(H3,8,9,10). The summed E-state index contributed by atoms with van der Waals surface area (Å²) in [5.41, 5.74) is 5.38. The highest BCUT2D eigenvalue weighted by Crippen LogP contribution is 1.90. The maximum absolute atomic E-state index is 5.38. The molecule has 3 N–H and O–H groups in total. The van der Waals surface area contributed by atoms with Crippen LogP contribution in [-0.4, -0.2) is 19.6 Å². The maximum atomic E-state index is 5.38. The molecule has 0 radical (unpaired) electrons. The summed E-state index contributed by atoms with van der Waals surface area (Å²) in [6, 6.07) is 0. The van der Waals surface area contributed by atoms with Crippen LogP contribution in [0.3, 0.4) is 0 Å². The summed E-state index contributed by atoms with van der Waals surface area (Å²) in [7, 11) is 1.47. The topological polar surface area (TPSA) is 59.6 Å². The first kappa shape index (κ1) is 10.1. The van der Waals surface area contributed by atoms with Gasteiger partial charge in [0.2, 0.25) is 5.96 Å². The number of nitrogens with two attached hydrogens (primary N) is 1. The van der Waals surface area contributed by atoms with Gasteiger partial charge in [-0.05, 0) is 11.6 Å². The van der Waals surface area contributed by atoms with Gasteiger partial charge < -0.3 is 15.9 Å². The maximum Gasteiger partial charge on any atom is 0.230 e. The summed E-state index contributed by atoms with van der Waals surface area (Å²) in [4.78, 5) is 4.46. The molecule has 0 spiro atoms. The van der Waals surface area contributed by atoms with Crippen molar-refractivity contribution in [3.63, 3.8) is 0 Å². The Balaban J connectivity index is 3.17. The van der Waals surface area contributed by atoms with Crippen molar-refractivity contribution >= 4 is 5.96 Å².